The fraction of sp³-hybridized carbons (Fsp3) is 0.0769. The number of carboxylic acid groups (broad SMARTS) is 1. The summed E-state index contributed by atoms with van der Waals surface area (Å²) in [6.07, 6.45) is 1.59. The smallest absolute Gasteiger partial charge is 0.342 e. The molecule has 0 amide bonds. The molecule has 0 radical (unpaired) electrons. The fourth-order valence-corrected chi connectivity index (χ4v) is 3.15. The Hall–Kier alpha value is -2.28. The highest BCUT2D eigenvalue weighted by molar-refractivity contribution is 7.17. The molecular formula is C13H7F2NO3S. The van der Waals surface area contributed by atoms with Crippen LogP contribution in [-0.4, -0.2) is 15.5 Å². The van der Waals surface area contributed by atoms with Crippen LogP contribution >= 0.6 is 11.3 Å². The monoisotopic (exact) mass is 295 g/mol. The SMILES string of the molecule is Cc1cn2c(s1)c(C(=O)O)c(=O)c1cc(F)c(F)cc12. The van der Waals surface area contributed by atoms with Crippen molar-refractivity contribution in [3.8, 4) is 0 Å². The summed E-state index contributed by atoms with van der Waals surface area (Å²) < 4.78 is 28.1. The zero-order chi connectivity index (χ0) is 14.6. The Kier molecular flexibility index (Phi) is 2.62. The summed E-state index contributed by atoms with van der Waals surface area (Å²) in [6, 6.07) is 1.63. The van der Waals surface area contributed by atoms with E-state index in [9.17, 15) is 23.5 Å². The highest BCUT2D eigenvalue weighted by Crippen LogP contribution is 2.25. The normalized spacial score (nSPS) is 11.3. The Morgan fingerprint density at radius 1 is 1.30 bits per heavy atom. The van der Waals surface area contributed by atoms with E-state index in [-0.39, 0.29) is 15.7 Å². The second-order valence-electron chi connectivity index (χ2n) is 4.31. The maximum absolute atomic E-state index is 13.4. The number of benzene rings is 1. The molecule has 0 saturated heterocycles. The molecule has 2 aromatic heterocycles. The van der Waals surface area contributed by atoms with Crippen LogP contribution in [0.4, 0.5) is 8.78 Å². The molecule has 0 aliphatic heterocycles. The molecule has 0 bridgehead atoms. The van der Waals surface area contributed by atoms with Crippen LogP contribution in [0.3, 0.4) is 0 Å². The lowest BCUT2D eigenvalue weighted by atomic mass is 10.1. The molecule has 1 N–H and O–H groups in total. The van der Waals surface area contributed by atoms with Crippen molar-refractivity contribution in [3.63, 3.8) is 0 Å². The largest absolute Gasteiger partial charge is 0.477 e. The second-order valence-corrected chi connectivity index (χ2v) is 5.54. The zero-order valence-corrected chi connectivity index (χ0v) is 10.9. The van der Waals surface area contributed by atoms with Gasteiger partial charge in [-0.25, -0.2) is 13.6 Å². The van der Waals surface area contributed by atoms with E-state index in [1.165, 1.54) is 4.40 Å². The molecule has 0 aliphatic carbocycles. The van der Waals surface area contributed by atoms with Crippen LogP contribution in [-0.2, 0) is 0 Å². The number of aromatic nitrogens is 1. The first-order valence-corrected chi connectivity index (χ1v) is 6.38. The Morgan fingerprint density at radius 2 is 1.95 bits per heavy atom. The molecule has 0 saturated carbocycles. The van der Waals surface area contributed by atoms with Crippen LogP contribution in [0.2, 0.25) is 0 Å². The molecule has 3 aromatic rings. The van der Waals surface area contributed by atoms with Gasteiger partial charge in [-0.2, -0.15) is 0 Å². The standard InChI is InChI=1S/C13H7F2NO3S/c1-5-4-16-9-3-8(15)7(14)2-6(9)11(17)10(13(18)19)12(16)20-5/h2-4H,1H3,(H,18,19). The van der Waals surface area contributed by atoms with E-state index in [1.807, 2.05) is 0 Å². The van der Waals surface area contributed by atoms with Crippen LogP contribution in [0.15, 0.2) is 23.1 Å². The number of pyridine rings is 1. The van der Waals surface area contributed by atoms with Crippen molar-refractivity contribution in [1.29, 1.82) is 0 Å². The van der Waals surface area contributed by atoms with Crippen molar-refractivity contribution in [2.45, 2.75) is 6.92 Å². The lowest BCUT2D eigenvalue weighted by Gasteiger charge is -2.05. The molecule has 0 atom stereocenters. The average Bonchev–Trinajstić information content (AvgIpc) is 2.73. The minimum atomic E-state index is -1.39. The Bertz CT molecular complexity index is 942. The van der Waals surface area contributed by atoms with Crippen LogP contribution in [0.5, 0.6) is 0 Å². The van der Waals surface area contributed by atoms with Gasteiger partial charge in [-0.1, -0.05) is 0 Å². The molecule has 7 heteroatoms. The predicted molar refractivity (Wildman–Crippen MR) is 70.7 cm³/mol. The molecule has 102 valence electrons. The van der Waals surface area contributed by atoms with Gasteiger partial charge in [-0.3, -0.25) is 4.79 Å². The van der Waals surface area contributed by atoms with Crippen molar-refractivity contribution in [2.24, 2.45) is 0 Å². The number of carbonyl (C=O) groups is 1. The molecule has 3 rings (SSSR count). The number of fused-ring (bicyclic) bond motifs is 3. The van der Waals surface area contributed by atoms with E-state index in [2.05, 4.69) is 0 Å². The van der Waals surface area contributed by atoms with Gasteiger partial charge in [0, 0.05) is 17.1 Å². The first-order chi connectivity index (χ1) is 9.40. The maximum Gasteiger partial charge on any atom is 0.342 e. The van der Waals surface area contributed by atoms with Crippen molar-refractivity contribution in [1.82, 2.24) is 4.40 Å². The van der Waals surface area contributed by atoms with E-state index >= 15 is 0 Å². The third-order valence-electron chi connectivity index (χ3n) is 2.98. The van der Waals surface area contributed by atoms with Gasteiger partial charge in [0.15, 0.2) is 11.6 Å². The molecule has 0 spiro atoms. The van der Waals surface area contributed by atoms with Gasteiger partial charge < -0.3 is 9.51 Å². The van der Waals surface area contributed by atoms with Crippen molar-refractivity contribution in [2.75, 3.05) is 0 Å². The summed E-state index contributed by atoms with van der Waals surface area (Å²) in [5.41, 5.74) is -1.09. The van der Waals surface area contributed by atoms with Crippen molar-refractivity contribution in [3.05, 3.63) is 50.6 Å². The van der Waals surface area contributed by atoms with Crippen LogP contribution in [0, 0.1) is 18.6 Å². The summed E-state index contributed by atoms with van der Waals surface area (Å²) in [7, 11) is 0. The van der Waals surface area contributed by atoms with E-state index in [4.69, 9.17) is 0 Å². The Morgan fingerprint density at radius 3 is 2.60 bits per heavy atom. The predicted octanol–water partition coefficient (Wildman–Crippen LogP) is 2.80. The Labute approximate surface area is 114 Å². The van der Waals surface area contributed by atoms with E-state index < -0.39 is 28.6 Å². The molecule has 4 nitrogen and oxygen atoms in total. The molecule has 0 aliphatic rings. The van der Waals surface area contributed by atoms with Gasteiger partial charge in [0.25, 0.3) is 0 Å². The van der Waals surface area contributed by atoms with E-state index in [1.54, 1.807) is 13.1 Å². The number of rotatable bonds is 1. The van der Waals surface area contributed by atoms with Crippen LogP contribution < -0.4 is 5.43 Å². The maximum atomic E-state index is 13.4. The number of halogens is 2. The van der Waals surface area contributed by atoms with Gasteiger partial charge in [0.2, 0.25) is 5.43 Å². The zero-order valence-electron chi connectivity index (χ0n) is 10.1. The molecule has 20 heavy (non-hydrogen) atoms. The topological polar surface area (TPSA) is 58.8 Å². The summed E-state index contributed by atoms with van der Waals surface area (Å²) in [6.45, 7) is 1.74. The average molecular weight is 295 g/mol. The van der Waals surface area contributed by atoms with Gasteiger partial charge in [0.05, 0.1) is 10.9 Å². The minimum Gasteiger partial charge on any atom is -0.477 e. The molecule has 1 aromatic carbocycles. The highest BCUT2D eigenvalue weighted by atomic mass is 32.1. The van der Waals surface area contributed by atoms with E-state index in [0.29, 0.717) is 0 Å². The third-order valence-corrected chi connectivity index (χ3v) is 4.01. The first kappa shape index (κ1) is 12.7. The quantitative estimate of drug-likeness (QED) is 0.751. The Balaban J connectivity index is 2.69. The first-order valence-electron chi connectivity index (χ1n) is 5.57. The number of nitrogens with zero attached hydrogens (tertiary/aromatic N) is 1. The number of aryl methyl sites for hydroxylation is 1. The molecule has 0 fully saturated rings. The summed E-state index contributed by atoms with van der Waals surface area (Å²) in [4.78, 5) is 24.4. The lowest BCUT2D eigenvalue weighted by Crippen LogP contribution is -2.17. The van der Waals surface area contributed by atoms with Gasteiger partial charge in [-0.15, -0.1) is 11.3 Å². The van der Waals surface area contributed by atoms with Gasteiger partial charge in [0.1, 0.15) is 10.4 Å². The van der Waals surface area contributed by atoms with E-state index in [0.717, 1.165) is 28.3 Å². The summed E-state index contributed by atoms with van der Waals surface area (Å²) in [5, 5.41) is 9.03. The van der Waals surface area contributed by atoms with Gasteiger partial charge >= 0.3 is 5.97 Å². The number of carboxylic acids is 1. The second kappa shape index (κ2) is 4.11. The molecule has 0 unspecified atom stereocenters. The van der Waals surface area contributed by atoms with Crippen molar-refractivity contribution >= 4 is 33.0 Å². The molecular weight excluding hydrogens is 288 g/mol. The third kappa shape index (κ3) is 1.63. The van der Waals surface area contributed by atoms with Gasteiger partial charge in [-0.05, 0) is 13.0 Å². The van der Waals surface area contributed by atoms with Crippen molar-refractivity contribution < 1.29 is 18.7 Å². The number of thiazole rings is 1. The number of hydrogen-bond donors (Lipinski definition) is 1. The summed E-state index contributed by atoms with van der Waals surface area (Å²) >= 11 is 1.11. The summed E-state index contributed by atoms with van der Waals surface area (Å²) in [5.74, 6) is -3.66. The van der Waals surface area contributed by atoms with Crippen LogP contribution in [0.25, 0.3) is 15.7 Å². The highest BCUT2D eigenvalue weighted by Gasteiger charge is 2.21. The molecule has 2 heterocycles. The number of aromatic carboxylic acids is 1. The van der Waals surface area contributed by atoms with Crippen LogP contribution in [0.1, 0.15) is 15.2 Å². The fourth-order valence-electron chi connectivity index (χ4n) is 2.16. The number of hydrogen-bond acceptors (Lipinski definition) is 3. The minimum absolute atomic E-state index is 0.151. The lowest BCUT2D eigenvalue weighted by molar-refractivity contribution is 0.0697.